The van der Waals surface area contributed by atoms with E-state index in [1.54, 1.807) is 4.57 Å². The van der Waals surface area contributed by atoms with Crippen molar-refractivity contribution in [2.45, 2.75) is 30.8 Å². The molecular formula is C20H17BrN4O2S. The minimum Gasteiger partial charge on any atom is -0.420 e. The van der Waals surface area contributed by atoms with Crippen LogP contribution in [0.5, 0.6) is 0 Å². The fourth-order valence-corrected chi connectivity index (χ4v) is 3.95. The number of halogens is 1. The lowest BCUT2D eigenvalue weighted by Gasteiger charge is -2.11. The Balaban J connectivity index is 1.59. The topological polar surface area (TPSA) is 73.8 Å². The monoisotopic (exact) mass is 456 g/mol. The van der Waals surface area contributed by atoms with Crippen LogP contribution in [-0.4, -0.2) is 19.7 Å². The molecule has 8 heteroatoms. The third-order valence-electron chi connectivity index (χ3n) is 4.16. The van der Waals surface area contributed by atoms with E-state index in [9.17, 15) is 4.79 Å². The van der Waals surface area contributed by atoms with Gasteiger partial charge in [-0.15, -0.1) is 10.2 Å². The van der Waals surface area contributed by atoms with Crippen molar-refractivity contribution >= 4 is 38.6 Å². The molecule has 28 heavy (non-hydrogen) atoms. The van der Waals surface area contributed by atoms with Gasteiger partial charge in [-0.05, 0) is 42.8 Å². The van der Waals surface area contributed by atoms with Crippen molar-refractivity contribution in [3.63, 3.8) is 0 Å². The van der Waals surface area contributed by atoms with Gasteiger partial charge < -0.3 is 4.42 Å². The summed E-state index contributed by atoms with van der Waals surface area (Å²) in [6, 6.07) is 15.1. The number of benzene rings is 2. The molecule has 0 fully saturated rings. The molecule has 142 valence electrons. The zero-order valence-electron chi connectivity index (χ0n) is 15.1. The Bertz CT molecular complexity index is 1170. The molecule has 0 spiro atoms. The van der Waals surface area contributed by atoms with E-state index in [0.29, 0.717) is 40.1 Å². The summed E-state index contributed by atoms with van der Waals surface area (Å²) < 4.78 is 8.49. The van der Waals surface area contributed by atoms with E-state index in [1.807, 2.05) is 55.5 Å². The fourth-order valence-electron chi connectivity index (χ4n) is 2.83. The van der Waals surface area contributed by atoms with E-state index in [4.69, 9.17) is 4.42 Å². The van der Waals surface area contributed by atoms with E-state index in [0.717, 1.165) is 16.5 Å². The molecule has 0 N–H and O–H groups in total. The van der Waals surface area contributed by atoms with Crippen LogP contribution in [-0.2, 0) is 12.3 Å². The van der Waals surface area contributed by atoms with Crippen LogP contribution in [0.15, 0.2) is 67.4 Å². The minimum absolute atomic E-state index is 0.0176. The van der Waals surface area contributed by atoms with Crippen molar-refractivity contribution in [2.24, 2.45) is 0 Å². The molecule has 0 bridgehead atoms. The van der Waals surface area contributed by atoms with Gasteiger partial charge in [0.25, 0.3) is 5.56 Å². The first kappa shape index (κ1) is 18.9. The van der Waals surface area contributed by atoms with Crippen LogP contribution < -0.4 is 5.56 Å². The van der Waals surface area contributed by atoms with Crippen molar-refractivity contribution in [3.8, 4) is 11.5 Å². The highest BCUT2D eigenvalue weighted by Gasteiger charge is 2.14. The first-order chi connectivity index (χ1) is 13.7. The summed E-state index contributed by atoms with van der Waals surface area (Å²) in [5, 5.41) is 9.54. The van der Waals surface area contributed by atoms with E-state index in [2.05, 4.69) is 31.1 Å². The van der Waals surface area contributed by atoms with Crippen LogP contribution in [0.25, 0.3) is 22.4 Å². The molecule has 0 saturated carbocycles. The van der Waals surface area contributed by atoms with Crippen molar-refractivity contribution in [3.05, 3.63) is 69.2 Å². The Kier molecular flexibility index (Phi) is 5.59. The summed E-state index contributed by atoms with van der Waals surface area (Å²) in [4.78, 5) is 17.5. The summed E-state index contributed by atoms with van der Waals surface area (Å²) >= 11 is 4.84. The lowest BCUT2D eigenvalue weighted by Crippen LogP contribution is -2.23. The maximum atomic E-state index is 12.8. The molecular weight excluding hydrogens is 440 g/mol. The largest absolute Gasteiger partial charge is 0.420 e. The van der Waals surface area contributed by atoms with Crippen LogP contribution in [0, 0.1) is 0 Å². The number of rotatable bonds is 6. The molecule has 0 aliphatic rings. The Morgan fingerprint density at radius 1 is 1.11 bits per heavy atom. The highest BCUT2D eigenvalue weighted by atomic mass is 79.9. The SMILES string of the molecule is CCCn1c(SCc2nnc(-c3ccc(Br)cc3)o2)nc2ccccc2c1=O. The Labute approximate surface area is 174 Å². The van der Waals surface area contributed by atoms with Crippen LogP contribution >= 0.6 is 27.7 Å². The lowest BCUT2D eigenvalue weighted by atomic mass is 10.2. The van der Waals surface area contributed by atoms with Gasteiger partial charge in [-0.1, -0.05) is 46.7 Å². The number of hydrogen-bond donors (Lipinski definition) is 0. The molecule has 0 unspecified atom stereocenters. The smallest absolute Gasteiger partial charge is 0.262 e. The zero-order valence-corrected chi connectivity index (χ0v) is 17.5. The molecule has 0 aliphatic heterocycles. The molecule has 2 aromatic heterocycles. The van der Waals surface area contributed by atoms with E-state index in [-0.39, 0.29) is 5.56 Å². The second-order valence-corrected chi connectivity index (χ2v) is 8.02. The Morgan fingerprint density at radius 3 is 2.68 bits per heavy atom. The number of hydrogen-bond acceptors (Lipinski definition) is 6. The molecule has 0 saturated heterocycles. The zero-order chi connectivity index (χ0) is 19.5. The highest BCUT2D eigenvalue weighted by molar-refractivity contribution is 9.10. The molecule has 0 atom stereocenters. The number of aromatic nitrogens is 4. The summed E-state index contributed by atoms with van der Waals surface area (Å²) in [5.74, 6) is 1.41. The quantitative estimate of drug-likeness (QED) is 0.303. The van der Waals surface area contributed by atoms with Gasteiger partial charge >= 0.3 is 0 Å². The Morgan fingerprint density at radius 2 is 1.89 bits per heavy atom. The standard InChI is InChI=1S/C20H17BrN4O2S/c1-2-11-25-19(26)15-5-3-4-6-16(15)22-20(25)28-12-17-23-24-18(27-17)13-7-9-14(21)10-8-13/h3-10H,2,11-12H2,1H3. The third kappa shape index (κ3) is 3.88. The van der Waals surface area contributed by atoms with Crippen molar-refractivity contribution in [1.82, 2.24) is 19.7 Å². The fraction of sp³-hybridized carbons (Fsp3) is 0.200. The molecule has 4 rings (SSSR count). The summed E-state index contributed by atoms with van der Waals surface area (Å²) in [5.41, 5.74) is 1.54. The average Bonchev–Trinajstić information content (AvgIpc) is 3.18. The normalized spacial score (nSPS) is 11.2. The van der Waals surface area contributed by atoms with Gasteiger partial charge in [-0.2, -0.15) is 0 Å². The number of fused-ring (bicyclic) bond motifs is 1. The van der Waals surface area contributed by atoms with Gasteiger partial charge in [0.15, 0.2) is 5.16 Å². The van der Waals surface area contributed by atoms with Crippen molar-refractivity contribution in [1.29, 1.82) is 0 Å². The molecule has 2 aromatic carbocycles. The predicted octanol–water partition coefficient (Wildman–Crippen LogP) is 4.91. The van der Waals surface area contributed by atoms with Crippen LogP contribution in [0.1, 0.15) is 19.2 Å². The molecule has 2 heterocycles. The second-order valence-electron chi connectivity index (χ2n) is 6.16. The van der Waals surface area contributed by atoms with Gasteiger partial charge in [0, 0.05) is 16.6 Å². The lowest BCUT2D eigenvalue weighted by molar-refractivity contribution is 0.527. The maximum Gasteiger partial charge on any atom is 0.262 e. The number of thioether (sulfide) groups is 1. The van der Waals surface area contributed by atoms with Crippen molar-refractivity contribution < 1.29 is 4.42 Å². The van der Waals surface area contributed by atoms with Crippen LogP contribution in [0.3, 0.4) is 0 Å². The molecule has 0 amide bonds. The first-order valence-electron chi connectivity index (χ1n) is 8.86. The number of nitrogens with zero attached hydrogens (tertiary/aromatic N) is 4. The summed E-state index contributed by atoms with van der Waals surface area (Å²) in [6.45, 7) is 2.66. The van der Waals surface area contributed by atoms with Gasteiger partial charge in [-0.3, -0.25) is 9.36 Å². The minimum atomic E-state index is -0.0176. The number of para-hydroxylation sites is 1. The van der Waals surface area contributed by atoms with E-state index < -0.39 is 0 Å². The average molecular weight is 457 g/mol. The predicted molar refractivity (Wildman–Crippen MR) is 113 cm³/mol. The molecule has 0 radical (unpaired) electrons. The van der Waals surface area contributed by atoms with Gasteiger partial charge in [0.2, 0.25) is 11.8 Å². The van der Waals surface area contributed by atoms with E-state index >= 15 is 0 Å². The first-order valence-corrected chi connectivity index (χ1v) is 10.6. The van der Waals surface area contributed by atoms with Gasteiger partial charge in [0.05, 0.1) is 16.7 Å². The molecule has 0 aliphatic carbocycles. The Hall–Kier alpha value is -2.45. The van der Waals surface area contributed by atoms with Gasteiger partial charge in [0.1, 0.15) is 0 Å². The third-order valence-corrected chi connectivity index (χ3v) is 5.65. The molecule has 4 aromatic rings. The van der Waals surface area contributed by atoms with Crippen LogP contribution in [0.2, 0.25) is 0 Å². The van der Waals surface area contributed by atoms with Crippen LogP contribution in [0.4, 0.5) is 0 Å². The van der Waals surface area contributed by atoms with Crippen molar-refractivity contribution in [2.75, 3.05) is 0 Å². The summed E-state index contributed by atoms with van der Waals surface area (Å²) in [7, 11) is 0. The highest BCUT2D eigenvalue weighted by Crippen LogP contribution is 2.25. The van der Waals surface area contributed by atoms with E-state index in [1.165, 1.54) is 11.8 Å². The second kappa shape index (κ2) is 8.28. The van der Waals surface area contributed by atoms with Gasteiger partial charge in [-0.25, -0.2) is 4.98 Å². The maximum absolute atomic E-state index is 12.8. The summed E-state index contributed by atoms with van der Waals surface area (Å²) in [6.07, 6.45) is 0.849. The molecule has 6 nitrogen and oxygen atoms in total.